The highest BCUT2D eigenvalue weighted by Gasteiger charge is 2.34. The summed E-state index contributed by atoms with van der Waals surface area (Å²) in [6.07, 6.45) is 0.864. The number of hydrogen-bond acceptors (Lipinski definition) is 5. The molecule has 1 fully saturated rings. The Morgan fingerprint density at radius 1 is 1.15 bits per heavy atom. The third-order valence-corrected chi connectivity index (χ3v) is 6.06. The first-order valence-electron chi connectivity index (χ1n) is 11.2. The molecule has 1 N–H and O–H groups in total. The highest BCUT2D eigenvalue weighted by atomic mass is 19.4. The van der Waals surface area contributed by atoms with Crippen molar-refractivity contribution in [1.29, 1.82) is 0 Å². The topological polar surface area (TPSA) is 89.4 Å². The molecule has 7 nitrogen and oxygen atoms in total. The van der Waals surface area contributed by atoms with Gasteiger partial charge in [0.05, 0.1) is 23.0 Å². The summed E-state index contributed by atoms with van der Waals surface area (Å²) in [6.45, 7) is 3.85. The fourth-order valence-electron chi connectivity index (χ4n) is 4.11. The van der Waals surface area contributed by atoms with Crippen LogP contribution in [0.3, 0.4) is 0 Å². The first kappa shape index (κ1) is 22.2. The number of hydrogen-bond donors (Lipinski definition) is 1. The fourth-order valence-corrected chi connectivity index (χ4v) is 4.11. The minimum atomic E-state index is -4.46. The molecular formula is C24H23F3N6O. The number of rotatable bonds is 6. The van der Waals surface area contributed by atoms with Crippen LogP contribution in [0.5, 0.6) is 0 Å². The smallest absolute Gasteiger partial charge is 0.310 e. The number of aryl methyl sites for hydroxylation is 1. The van der Waals surface area contributed by atoms with Crippen molar-refractivity contribution in [3.05, 3.63) is 81.0 Å². The van der Waals surface area contributed by atoms with E-state index in [-0.39, 0.29) is 11.5 Å². The molecule has 10 heteroatoms. The number of alkyl halides is 3. The van der Waals surface area contributed by atoms with Crippen LogP contribution in [-0.2, 0) is 12.6 Å². The minimum Gasteiger partial charge on any atom is -0.310 e. The van der Waals surface area contributed by atoms with Gasteiger partial charge in [-0.2, -0.15) is 18.3 Å². The highest BCUT2D eigenvalue weighted by Crippen LogP contribution is 2.42. The number of pyridine rings is 2. The summed E-state index contributed by atoms with van der Waals surface area (Å²) in [7, 11) is 0. The average Bonchev–Trinajstić information content (AvgIpc) is 3.57. The van der Waals surface area contributed by atoms with Crippen LogP contribution in [0, 0.1) is 6.92 Å². The van der Waals surface area contributed by atoms with Gasteiger partial charge in [-0.3, -0.25) is 14.8 Å². The van der Waals surface area contributed by atoms with Crippen molar-refractivity contribution < 1.29 is 13.2 Å². The Kier molecular flexibility index (Phi) is 5.45. The maximum Gasteiger partial charge on any atom is 0.417 e. The second-order valence-electron chi connectivity index (χ2n) is 8.71. The third-order valence-electron chi connectivity index (χ3n) is 6.06. The van der Waals surface area contributed by atoms with Crippen LogP contribution in [0.25, 0.3) is 11.0 Å². The van der Waals surface area contributed by atoms with Crippen molar-refractivity contribution in [2.45, 2.75) is 57.7 Å². The lowest BCUT2D eigenvalue weighted by Crippen LogP contribution is -2.17. The molecule has 0 bridgehead atoms. The summed E-state index contributed by atoms with van der Waals surface area (Å²) in [5.74, 6) is 0.641. The van der Waals surface area contributed by atoms with Crippen molar-refractivity contribution in [2.75, 3.05) is 0 Å². The van der Waals surface area contributed by atoms with Gasteiger partial charge in [0.2, 0.25) is 0 Å². The molecule has 1 aliphatic rings. The molecule has 0 radical (unpaired) electrons. The molecule has 4 aromatic heterocycles. The van der Waals surface area contributed by atoms with Crippen molar-refractivity contribution in [3.8, 4) is 0 Å². The zero-order valence-electron chi connectivity index (χ0n) is 18.7. The van der Waals surface area contributed by atoms with Gasteiger partial charge in [-0.1, -0.05) is 13.0 Å². The zero-order chi connectivity index (χ0) is 24.0. The first-order chi connectivity index (χ1) is 16.2. The van der Waals surface area contributed by atoms with Gasteiger partial charge in [-0.25, -0.2) is 9.67 Å². The molecule has 4 aromatic rings. The lowest BCUT2D eigenvalue weighted by molar-refractivity contribution is -0.137. The van der Waals surface area contributed by atoms with E-state index in [0.29, 0.717) is 41.1 Å². The Morgan fingerprint density at radius 3 is 2.53 bits per heavy atom. The normalized spacial score (nSPS) is 15.1. The molecule has 34 heavy (non-hydrogen) atoms. The van der Waals surface area contributed by atoms with E-state index in [2.05, 4.69) is 15.0 Å². The largest absolute Gasteiger partial charge is 0.417 e. The van der Waals surface area contributed by atoms with Gasteiger partial charge >= 0.3 is 6.18 Å². The number of nitrogens with zero attached hydrogens (tertiary/aromatic N) is 5. The monoisotopic (exact) mass is 468 g/mol. The van der Waals surface area contributed by atoms with Crippen LogP contribution in [0.4, 0.5) is 13.2 Å². The van der Waals surface area contributed by atoms with Gasteiger partial charge < -0.3 is 4.98 Å². The van der Waals surface area contributed by atoms with Crippen LogP contribution < -0.4 is 5.56 Å². The number of nitrogens with one attached hydrogen (secondary N) is 1. The Balaban J connectivity index is 1.60. The third kappa shape index (κ3) is 4.20. The van der Waals surface area contributed by atoms with Crippen LogP contribution in [0.15, 0.2) is 41.5 Å². The number of aromatic amines is 1. The standard InChI is InChI=1S/C24H23F3N6O/c1-3-18(17-9-7-15(12-29-17)24(25,26)27)33-22-20(21(32-33)14-5-6-14)23(34)31-19(30-22)10-16-8-4-13(2)11-28-16/h4,7-9,11-12,14,18H,3,5-6,10H2,1-2H3,(H,30,31,34). The van der Waals surface area contributed by atoms with E-state index in [0.717, 1.165) is 36.4 Å². The van der Waals surface area contributed by atoms with E-state index < -0.39 is 17.8 Å². The highest BCUT2D eigenvalue weighted by molar-refractivity contribution is 5.78. The fraction of sp³-hybridized carbons (Fsp3) is 0.375. The van der Waals surface area contributed by atoms with Crippen LogP contribution in [0.1, 0.15) is 72.2 Å². The predicted molar refractivity (Wildman–Crippen MR) is 120 cm³/mol. The lowest BCUT2D eigenvalue weighted by atomic mass is 10.1. The molecular weight excluding hydrogens is 445 g/mol. The second kappa shape index (κ2) is 8.34. The molecule has 1 unspecified atom stereocenters. The molecule has 1 aliphatic carbocycles. The van der Waals surface area contributed by atoms with Gasteiger partial charge in [0, 0.05) is 30.4 Å². The Bertz CT molecular complexity index is 1390. The summed E-state index contributed by atoms with van der Waals surface area (Å²) < 4.78 is 40.7. The Labute approximate surface area is 193 Å². The van der Waals surface area contributed by atoms with Crippen LogP contribution in [0.2, 0.25) is 0 Å². The predicted octanol–water partition coefficient (Wildman–Crippen LogP) is 4.70. The molecule has 0 spiro atoms. The SMILES string of the molecule is CCC(c1ccc(C(F)(F)F)cn1)n1nc(C2CC2)c2c(=O)[nH]c(Cc3ccc(C)cn3)nc21. The quantitative estimate of drug-likeness (QED) is 0.443. The summed E-state index contributed by atoms with van der Waals surface area (Å²) in [4.78, 5) is 29.2. The van der Waals surface area contributed by atoms with E-state index in [4.69, 9.17) is 10.1 Å². The zero-order valence-corrected chi connectivity index (χ0v) is 18.7. The number of H-pyrrole nitrogens is 1. The summed E-state index contributed by atoms with van der Waals surface area (Å²) in [5.41, 5.74) is 2.26. The van der Waals surface area contributed by atoms with Gasteiger partial charge in [0.15, 0.2) is 5.65 Å². The van der Waals surface area contributed by atoms with E-state index >= 15 is 0 Å². The maximum atomic E-state index is 13.1. The second-order valence-corrected chi connectivity index (χ2v) is 8.71. The maximum absolute atomic E-state index is 13.1. The number of fused-ring (bicyclic) bond motifs is 1. The van der Waals surface area contributed by atoms with Gasteiger partial charge in [-0.15, -0.1) is 0 Å². The van der Waals surface area contributed by atoms with Crippen molar-refractivity contribution in [2.24, 2.45) is 0 Å². The van der Waals surface area contributed by atoms with Crippen LogP contribution in [-0.4, -0.2) is 29.7 Å². The van der Waals surface area contributed by atoms with Gasteiger partial charge in [0.25, 0.3) is 5.56 Å². The molecule has 0 aliphatic heterocycles. The molecule has 0 amide bonds. The molecule has 4 heterocycles. The van der Waals surface area contributed by atoms with Crippen molar-refractivity contribution in [3.63, 3.8) is 0 Å². The Morgan fingerprint density at radius 2 is 1.94 bits per heavy atom. The van der Waals surface area contributed by atoms with Gasteiger partial charge in [0.1, 0.15) is 11.2 Å². The molecule has 176 valence electrons. The molecule has 0 aromatic carbocycles. The minimum absolute atomic E-state index is 0.189. The van der Waals surface area contributed by atoms with E-state index in [9.17, 15) is 18.0 Å². The molecule has 0 saturated heterocycles. The van der Waals surface area contributed by atoms with E-state index in [1.54, 1.807) is 10.9 Å². The van der Waals surface area contributed by atoms with E-state index in [1.807, 2.05) is 26.0 Å². The van der Waals surface area contributed by atoms with Crippen molar-refractivity contribution in [1.82, 2.24) is 29.7 Å². The number of halogens is 3. The van der Waals surface area contributed by atoms with E-state index in [1.165, 1.54) is 6.07 Å². The summed E-state index contributed by atoms with van der Waals surface area (Å²) in [6, 6.07) is 5.75. The molecule has 1 saturated carbocycles. The summed E-state index contributed by atoms with van der Waals surface area (Å²) in [5, 5.41) is 5.19. The average molecular weight is 468 g/mol. The molecule has 1 atom stereocenters. The van der Waals surface area contributed by atoms with Crippen LogP contribution >= 0.6 is 0 Å². The molecule has 5 rings (SSSR count). The number of aromatic nitrogens is 6. The Hall–Kier alpha value is -3.56. The van der Waals surface area contributed by atoms with Crippen molar-refractivity contribution >= 4 is 11.0 Å². The first-order valence-corrected chi connectivity index (χ1v) is 11.2. The summed E-state index contributed by atoms with van der Waals surface area (Å²) >= 11 is 0. The lowest BCUT2D eigenvalue weighted by Gasteiger charge is -2.17. The van der Waals surface area contributed by atoms with Gasteiger partial charge in [-0.05, 0) is 49.9 Å².